The summed E-state index contributed by atoms with van der Waals surface area (Å²) in [6.45, 7) is 0. The van der Waals surface area contributed by atoms with Crippen LogP contribution in [0.5, 0.6) is 5.75 Å². The van der Waals surface area contributed by atoms with Crippen LogP contribution in [-0.2, 0) is 5.11 Å². The molecule has 1 radical (unpaired) electrons. The van der Waals surface area contributed by atoms with Crippen molar-refractivity contribution in [2.24, 2.45) is 0 Å². The Kier molecular flexibility index (Phi) is 1.66. The molecule has 2 aromatic carbocycles. The molecule has 0 atom stereocenters. The number of halogens is 1. The van der Waals surface area contributed by atoms with E-state index in [1.165, 1.54) is 0 Å². The summed E-state index contributed by atoms with van der Waals surface area (Å²) in [5, 5.41) is 13.3. The molecule has 0 aliphatic rings. The minimum Gasteiger partial charge on any atom is -0.288 e. The first-order valence-corrected chi connectivity index (χ1v) is 4.01. The standard InChI is InChI=1S/C10H6ClO/c11-9-6-5-7-3-1-2-4-8(7)10(9)12/h1-6H. The first-order chi connectivity index (χ1) is 5.79. The monoisotopic (exact) mass is 177 g/mol. The van der Waals surface area contributed by atoms with Crippen LogP contribution in [0.3, 0.4) is 0 Å². The van der Waals surface area contributed by atoms with Crippen molar-refractivity contribution in [2.45, 2.75) is 0 Å². The van der Waals surface area contributed by atoms with Gasteiger partial charge in [-0.1, -0.05) is 41.9 Å². The van der Waals surface area contributed by atoms with Crippen molar-refractivity contribution in [1.82, 2.24) is 0 Å². The van der Waals surface area contributed by atoms with Gasteiger partial charge in [-0.15, -0.1) is 0 Å². The molecular weight excluding hydrogens is 172 g/mol. The first kappa shape index (κ1) is 7.44. The van der Waals surface area contributed by atoms with Gasteiger partial charge in [-0.2, -0.15) is 0 Å². The van der Waals surface area contributed by atoms with Crippen molar-refractivity contribution in [2.75, 3.05) is 0 Å². The van der Waals surface area contributed by atoms with E-state index in [2.05, 4.69) is 0 Å². The zero-order valence-corrected chi connectivity index (χ0v) is 7.01. The second-order valence-corrected chi connectivity index (χ2v) is 3.00. The van der Waals surface area contributed by atoms with Crippen LogP contribution in [0.15, 0.2) is 36.4 Å². The van der Waals surface area contributed by atoms with Crippen LogP contribution >= 0.6 is 11.6 Å². The summed E-state index contributed by atoms with van der Waals surface area (Å²) in [5.74, 6) is -0.0882. The Hall–Kier alpha value is -1.21. The summed E-state index contributed by atoms with van der Waals surface area (Å²) in [6.07, 6.45) is 0. The average molecular weight is 178 g/mol. The van der Waals surface area contributed by atoms with Crippen LogP contribution < -0.4 is 0 Å². The van der Waals surface area contributed by atoms with Crippen molar-refractivity contribution in [3.63, 3.8) is 0 Å². The van der Waals surface area contributed by atoms with Crippen molar-refractivity contribution >= 4 is 22.4 Å². The molecule has 1 nitrogen and oxygen atoms in total. The quantitative estimate of drug-likeness (QED) is 0.586. The summed E-state index contributed by atoms with van der Waals surface area (Å²) >= 11 is 5.68. The van der Waals surface area contributed by atoms with E-state index in [1.807, 2.05) is 24.3 Å². The lowest BCUT2D eigenvalue weighted by molar-refractivity contribution is 0.360. The molecule has 0 amide bonds. The molecule has 0 unspecified atom stereocenters. The number of hydrogen-bond donors (Lipinski definition) is 0. The normalized spacial score (nSPS) is 10.4. The third-order valence-electron chi connectivity index (χ3n) is 1.83. The predicted molar refractivity (Wildman–Crippen MR) is 49.1 cm³/mol. The molecule has 0 saturated carbocycles. The highest BCUT2D eigenvalue weighted by Gasteiger charge is 2.04. The van der Waals surface area contributed by atoms with Crippen LogP contribution in [-0.4, -0.2) is 0 Å². The molecule has 0 aliphatic heterocycles. The van der Waals surface area contributed by atoms with Gasteiger partial charge >= 0.3 is 0 Å². The number of fused-ring (bicyclic) bond motifs is 1. The molecule has 2 aromatic rings. The molecule has 2 rings (SSSR count). The zero-order chi connectivity index (χ0) is 8.55. The van der Waals surface area contributed by atoms with Gasteiger partial charge in [0.15, 0.2) is 0 Å². The van der Waals surface area contributed by atoms with E-state index in [0.29, 0.717) is 5.39 Å². The molecule has 12 heavy (non-hydrogen) atoms. The molecule has 0 spiro atoms. The summed E-state index contributed by atoms with van der Waals surface area (Å²) in [6, 6.07) is 10.9. The van der Waals surface area contributed by atoms with Gasteiger partial charge in [-0.05, 0) is 11.5 Å². The fourth-order valence-corrected chi connectivity index (χ4v) is 1.38. The Labute approximate surface area is 75.2 Å². The third kappa shape index (κ3) is 1.03. The van der Waals surface area contributed by atoms with E-state index in [1.54, 1.807) is 12.1 Å². The highest BCUT2D eigenvalue weighted by molar-refractivity contribution is 6.33. The Balaban J connectivity index is 2.91. The van der Waals surface area contributed by atoms with E-state index in [0.717, 1.165) is 5.39 Å². The molecular formula is C10H6ClO. The Morgan fingerprint density at radius 1 is 1.00 bits per heavy atom. The summed E-state index contributed by atoms with van der Waals surface area (Å²) in [5.41, 5.74) is 0. The smallest absolute Gasteiger partial charge is 0.204 e. The molecule has 0 bridgehead atoms. The van der Waals surface area contributed by atoms with E-state index < -0.39 is 0 Å². The summed E-state index contributed by atoms with van der Waals surface area (Å²) < 4.78 is 0. The maximum Gasteiger partial charge on any atom is 0.204 e. The van der Waals surface area contributed by atoms with Crippen LogP contribution in [0.2, 0.25) is 5.02 Å². The van der Waals surface area contributed by atoms with E-state index >= 15 is 0 Å². The van der Waals surface area contributed by atoms with Crippen molar-refractivity contribution < 1.29 is 5.11 Å². The van der Waals surface area contributed by atoms with Crippen LogP contribution in [0.1, 0.15) is 0 Å². The molecule has 59 valence electrons. The second-order valence-electron chi connectivity index (χ2n) is 2.60. The minimum atomic E-state index is -0.0882. The maximum atomic E-state index is 11.4. The molecule has 2 heteroatoms. The lowest BCUT2D eigenvalue weighted by Gasteiger charge is -1.98. The molecule has 0 aromatic heterocycles. The molecule has 0 N–H and O–H groups in total. The Morgan fingerprint density at radius 2 is 1.75 bits per heavy atom. The van der Waals surface area contributed by atoms with Gasteiger partial charge in [0.1, 0.15) is 0 Å². The van der Waals surface area contributed by atoms with Gasteiger partial charge in [0, 0.05) is 5.39 Å². The van der Waals surface area contributed by atoms with Crippen LogP contribution in [0.25, 0.3) is 10.8 Å². The third-order valence-corrected chi connectivity index (χ3v) is 2.13. The zero-order valence-electron chi connectivity index (χ0n) is 6.25. The first-order valence-electron chi connectivity index (χ1n) is 3.63. The van der Waals surface area contributed by atoms with Gasteiger partial charge in [-0.25, -0.2) is 0 Å². The fraction of sp³-hybridized carbons (Fsp3) is 0. The van der Waals surface area contributed by atoms with Crippen molar-refractivity contribution in [3.8, 4) is 5.75 Å². The lowest BCUT2D eigenvalue weighted by atomic mass is 10.1. The van der Waals surface area contributed by atoms with E-state index in [4.69, 9.17) is 11.6 Å². The van der Waals surface area contributed by atoms with Crippen LogP contribution in [0, 0.1) is 0 Å². The summed E-state index contributed by atoms with van der Waals surface area (Å²) in [7, 11) is 0. The van der Waals surface area contributed by atoms with E-state index in [-0.39, 0.29) is 10.8 Å². The minimum absolute atomic E-state index is 0.0882. The Morgan fingerprint density at radius 3 is 2.58 bits per heavy atom. The van der Waals surface area contributed by atoms with Gasteiger partial charge in [0.25, 0.3) is 0 Å². The van der Waals surface area contributed by atoms with Crippen molar-refractivity contribution in [1.29, 1.82) is 0 Å². The molecule has 0 heterocycles. The van der Waals surface area contributed by atoms with E-state index in [9.17, 15) is 5.11 Å². The van der Waals surface area contributed by atoms with Crippen LogP contribution in [0.4, 0.5) is 0 Å². The second kappa shape index (κ2) is 2.68. The highest BCUT2D eigenvalue weighted by Crippen LogP contribution is 2.32. The molecule has 0 aliphatic carbocycles. The largest absolute Gasteiger partial charge is 0.288 e. The average Bonchev–Trinajstić information content (AvgIpc) is 2.12. The molecule has 0 fully saturated rings. The molecule has 0 saturated heterocycles. The van der Waals surface area contributed by atoms with Gasteiger partial charge in [-0.3, -0.25) is 5.11 Å². The number of hydrogen-bond acceptors (Lipinski definition) is 0. The topological polar surface area (TPSA) is 19.9 Å². The SMILES string of the molecule is [O]c1c(Cl)ccc2ccccc12. The van der Waals surface area contributed by atoms with Gasteiger partial charge in [0.05, 0.1) is 5.02 Å². The summed E-state index contributed by atoms with van der Waals surface area (Å²) in [4.78, 5) is 0. The Bertz CT molecular complexity index is 423. The maximum absolute atomic E-state index is 11.4. The predicted octanol–water partition coefficient (Wildman–Crippen LogP) is 3.64. The fourth-order valence-electron chi connectivity index (χ4n) is 1.22. The highest BCUT2D eigenvalue weighted by atomic mass is 35.5. The lowest BCUT2D eigenvalue weighted by Crippen LogP contribution is -1.72. The van der Waals surface area contributed by atoms with Crippen molar-refractivity contribution in [3.05, 3.63) is 41.4 Å². The van der Waals surface area contributed by atoms with Gasteiger partial charge in [0.2, 0.25) is 5.75 Å². The number of benzene rings is 2. The number of rotatable bonds is 0. The van der Waals surface area contributed by atoms with Gasteiger partial charge < -0.3 is 0 Å².